The predicted molar refractivity (Wildman–Crippen MR) is 123 cm³/mol. The predicted octanol–water partition coefficient (Wildman–Crippen LogP) is 4.74. The molecule has 29 heavy (non-hydrogen) atoms. The molecule has 0 spiro atoms. The minimum atomic E-state index is -0.0117. The molecule has 1 amide bonds. The van der Waals surface area contributed by atoms with Crippen LogP contribution in [-0.4, -0.2) is 49.1 Å². The van der Waals surface area contributed by atoms with E-state index in [1.807, 2.05) is 53.9 Å². The molecular weight excluding hydrogens is 400 g/mol. The van der Waals surface area contributed by atoms with Crippen LogP contribution in [0, 0.1) is 0 Å². The zero-order valence-corrected chi connectivity index (χ0v) is 18.4. The number of thioether (sulfide) groups is 2. The van der Waals surface area contributed by atoms with Crippen molar-refractivity contribution in [2.75, 3.05) is 38.2 Å². The lowest BCUT2D eigenvalue weighted by Gasteiger charge is -2.29. The summed E-state index contributed by atoms with van der Waals surface area (Å²) in [6, 6.07) is 16.4. The number of nitrogens with one attached hydrogen (secondary N) is 1. The van der Waals surface area contributed by atoms with Crippen LogP contribution in [0.25, 0.3) is 0 Å². The lowest BCUT2D eigenvalue weighted by molar-refractivity contribution is 0.0937. The fourth-order valence-corrected chi connectivity index (χ4v) is 6.92. The van der Waals surface area contributed by atoms with Gasteiger partial charge in [0, 0.05) is 29.2 Å². The van der Waals surface area contributed by atoms with Gasteiger partial charge in [-0.25, -0.2) is 0 Å². The van der Waals surface area contributed by atoms with Gasteiger partial charge in [0.05, 0.1) is 17.7 Å². The van der Waals surface area contributed by atoms with Crippen molar-refractivity contribution in [2.45, 2.75) is 23.5 Å². The highest BCUT2D eigenvalue weighted by molar-refractivity contribution is 8.19. The van der Waals surface area contributed by atoms with Crippen LogP contribution in [0.4, 0.5) is 0 Å². The molecule has 2 aromatic rings. The van der Waals surface area contributed by atoms with Crippen molar-refractivity contribution < 1.29 is 9.53 Å². The zero-order chi connectivity index (χ0) is 20.1. The van der Waals surface area contributed by atoms with Gasteiger partial charge in [0.15, 0.2) is 0 Å². The van der Waals surface area contributed by atoms with Gasteiger partial charge >= 0.3 is 0 Å². The van der Waals surface area contributed by atoms with Crippen LogP contribution in [0.1, 0.15) is 45.0 Å². The Kier molecular flexibility index (Phi) is 7.06. The summed E-state index contributed by atoms with van der Waals surface area (Å²) in [5.41, 5.74) is 3.17. The number of carbonyl (C=O) groups is 1. The van der Waals surface area contributed by atoms with Gasteiger partial charge in [-0.3, -0.25) is 9.69 Å². The quantitative estimate of drug-likeness (QED) is 0.690. The molecule has 0 bridgehead atoms. The van der Waals surface area contributed by atoms with E-state index in [0.717, 1.165) is 30.0 Å². The van der Waals surface area contributed by atoms with Crippen molar-refractivity contribution in [2.24, 2.45) is 0 Å². The minimum Gasteiger partial charge on any atom is -0.496 e. The third-order valence-electron chi connectivity index (χ3n) is 5.60. The van der Waals surface area contributed by atoms with Gasteiger partial charge in [-0.05, 0) is 49.7 Å². The van der Waals surface area contributed by atoms with Gasteiger partial charge in [0.1, 0.15) is 5.75 Å². The first-order valence-corrected chi connectivity index (χ1v) is 12.3. The maximum Gasteiger partial charge on any atom is 0.251 e. The lowest BCUT2D eigenvalue weighted by Crippen LogP contribution is -2.37. The zero-order valence-electron chi connectivity index (χ0n) is 16.8. The van der Waals surface area contributed by atoms with Crippen LogP contribution in [0.3, 0.4) is 0 Å². The monoisotopic (exact) mass is 428 g/mol. The van der Waals surface area contributed by atoms with E-state index in [1.165, 1.54) is 29.9 Å². The summed E-state index contributed by atoms with van der Waals surface area (Å²) in [5.74, 6) is 3.29. The molecule has 2 aliphatic heterocycles. The van der Waals surface area contributed by atoms with E-state index in [1.54, 1.807) is 7.11 Å². The van der Waals surface area contributed by atoms with Crippen molar-refractivity contribution in [3.63, 3.8) is 0 Å². The molecule has 4 rings (SSSR count). The van der Waals surface area contributed by atoms with E-state index in [2.05, 4.69) is 28.4 Å². The van der Waals surface area contributed by atoms with E-state index in [0.29, 0.717) is 11.1 Å². The number of amides is 1. The average molecular weight is 429 g/mol. The fraction of sp³-hybridized carbons (Fsp3) is 0.435. The smallest absolute Gasteiger partial charge is 0.251 e. The molecule has 4 nitrogen and oxygen atoms in total. The minimum absolute atomic E-state index is 0.0117. The van der Waals surface area contributed by atoms with Crippen molar-refractivity contribution in [1.29, 1.82) is 0 Å². The Balaban J connectivity index is 1.44. The first-order valence-electron chi connectivity index (χ1n) is 10.2. The standard InChI is InChI=1S/C23H28N2O2S2/c1-27-21-7-3-2-6-19(21)20(25-12-4-5-13-25)16-24-22(26)17-8-10-18(11-9-17)23-28-14-15-29-23/h2-3,6-11,20,23H,4-5,12-16H2,1H3,(H,24,26)/t20-/m0/s1. The van der Waals surface area contributed by atoms with Crippen molar-refractivity contribution in [1.82, 2.24) is 10.2 Å². The van der Waals surface area contributed by atoms with Crippen molar-refractivity contribution in [3.05, 3.63) is 65.2 Å². The number of ether oxygens (including phenoxy) is 1. The van der Waals surface area contributed by atoms with E-state index in [9.17, 15) is 4.79 Å². The summed E-state index contributed by atoms with van der Waals surface area (Å²) < 4.78 is 6.11. The first kappa shape index (κ1) is 20.6. The Morgan fingerprint density at radius 3 is 2.48 bits per heavy atom. The highest BCUT2D eigenvalue weighted by atomic mass is 32.2. The third kappa shape index (κ3) is 4.93. The third-order valence-corrected chi connectivity index (χ3v) is 8.71. The molecule has 1 atom stereocenters. The topological polar surface area (TPSA) is 41.6 Å². The number of rotatable bonds is 7. The molecule has 2 aromatic carbocycles. The van der Waals surface area contributed by atoms with Crippen molar-refractivity contribution >= 4 is 29.4 Å². The Morgan fingerprint density at radius 2 is 1.79 bits per heavy atom. The summed E-state index contributed by atoms with van der Waals surface area (Å²) in [6.07, 6.45) is 2.41. The summed E-state index contributed by atoms with van der Waals surface area (Å²) in [4.78, 5) is 15.3. The normalized spacial score (nSPS) is 18.7. The summed E-state index contributed by atoms with van der Waals surface area (Å²) >= 11 is 3.97. The molecule has 2 heterocycles. The van der Waals surface area contributed by atoms with Crippen LogP contribution in [0.15, 0.2) is 48.5 Å². The molecule has 6 heteroatoms. The second-order valence-corrected chi connectivity index (χ2v) is 10.1. The molecule has 0 aromatic heterocycles. The second-order valence-electron chi connectivity index (χ2n) is 7.41. The maximum absolute atomic E-state index is 12.8. The van der Waals surface area contributed by atoms with Crippen LogP contribution >= 0.6 is 23.5 Å². The molecule has 2 fully saturated rings. The summed E-state index contributed by atoms with van der Waals surface area (Å²) in [7, 11) is 1.71. The Bertz CT molecular complexity index is 816. The van der Waals surface area contributed by atoms with E-state index in [4.69, 9.17) is 4.74 Å². The van der Waals surface area contributed by atoms with Crippen LogP contribution < -0.4 is 10.1 Å². The molecule has 1 N–H and O–H groups in total. The first-order chi connectivity index (χ1) is 14.3. The van der Waals surface area contributed by atoms with Crippen LogP contribution in [-0.2, 0) is 0 Å². The average Bonchev–Trinajstić information content (AvgIpc) is 3.49. The van der Waals surface area contributed by atoms with Gasteiger partial charge < -0.3 is 10.1 Å². The number of hydrogen-bond acceptors (Lipinski definition) is 5. The Hall–Kier alpha value is -1.63. The summed E-state index contributed by atoms with van der Waals surface area (Å²) in [6.45, 7) is 2.70. The van der Waals surface area contributed by atoms with Gasteiger partial charge in [-0.15, -0.1) is 23.5 Å². The van der Waals surface area contributed by atoms with E-state index >= 15 is 0 Å². The fourth-order valence-electron chi connectivity index (χ4n) is 4.06. The number of likely N-dealkylation sites (tertiary alicyclic amines) is 1. The molecule has 2 aliphatic rings. The molecule has 0 aliphatic carbocycles. The largest absolute Gasteiger partial charge is 0.496 e. The molecule has 0 unspecified atom stereocenters. The Morgan fingerprint density at radius 1 is 1.10 bits per heavy atom. The number of carbonyl (C=O) groups excluding carboxylic acids is 1. The van der Waals surface area contributed by atoms with Gasteiger partial charge in [-0.2, -0.15) is 0 Å². The molecule has 154 valence electrons. The van der Waals surface area contributed by atoms with E-state index in [-0.39, 0.29) is 11.9 Å². The van der Waals surface area contributed by atoms with Gasteiger partial charge in [0.25, 0.3) is 5.91 Å². The highest BCUT2D eigenvalue weighted by Gasteiger charge is 2.26. The number of para-hydroxylation sites is 1. The van der Waals surface area contributed by atoms with Gasteiger partial charge in [-0.1, -0.05) is 30.3 Å². The van der Waals surface area contributed by atoms with Crippen molar-refractivity contribution in [3.8, 4) is 5.75 Å². The number of methoxy groups -OCH3 is 1. The lowest BCUT2D eigenvalue weighted by atomic mass is 10.0. The number of nitrogens with zero attached hydrogens (tertiary/aromatic N) is 1. The Labute approximate surface area is 181 Å². The number of benzene rings is 2. The van der Waals surface area contributed by atoms with E-state index < -0.39 is 0 Å². The molecular formula is C23H28N2O2S2. The molecule has 2 saturated heterocycles. The van der Waals surface area contributed by atoms with Crippen LogP contribution in [0.5, 0.6) is 5.75 Å². The maximum atomic E-state index is 12.8. The molecule has 0 saturated carbocycles. The summed E-state index contributed by atoms with van der Waals surface area (Å²) in [5, 5.41) is 3.17. The second kappa shape index (κ2) is 9.92. The highest BCUT2D eigenvalue weighted by Crippen LogP contribution is 2.45. The number of hydrogen-bond donors (Lipinski definition) is 1. The molecule has 0 radical (unpaired) electrons. The van der Waals surface area contributed by atoms with Crippen LogP contribution in [0.2, 0.25) is 0 Å². The SMILES string of the molecule is COc1ccccc1[C@H](CNC(=O)c1ccc(C2SCCS2)cc1)N1CCCC1. The van der Waals surface area contributed by atoms with Gasteiger partial charge in [0.2, 0.25) is 0 Å².